The Morgan fingerprint density at radius 1 is 1.65 bits per heavy atom. The maximum absolute atomic E-state index is 13.1. The molecule has 0 atom stereocenters. The normalized spacial score (nSPS) is 10.8. The zero-order valence-electron chi connectivity index (χ0n) is 8.88. The van der Waals surface area contributed by atoms with Gasteiger partial charge in [0, 0.05) is 5.56 Å². The van der Waals surface area contributed by atoms with E-state index in [1.807, 2.05) is 0 Å². The summed E-state index contributed by atoms with van der Waals surface area (Å²) in [7, 11) is 0. The van der Waals surface area contributed by atoms with Crippen LogP contribution < -0.4 is 11.2 Å². The molecule has 1 aromatic rings. The first kappa shape index (κ1) is 12.9. The average Bonchev–Trinajstić information content (AvgIpc) is 2.29. The number of hydrogen-bond donors (Lipinski definition) is 3. The fraction of sp³-hybridized carbons (Fsp3) is 0.100. The number of nitrogens with two attached hydrogens (primary N) is 1. The van der Waals surface area contributed by atoms with Crippen LogP contribution in [0.25, 0.3) is 0 Å². The lowest BCUT2D eigenvalue weighted by Crippen LogP contribution is -2.21. The Hall–Kier alpha value is -2.13. The van der Waals surface area contributed by atoms with Crippen molar-refractivity contribution in [2.45, 2.75) is 6.92 Å². The van der Waals surface area contributed by atoms with Crippen LogP contribution in [0.4, 0.5) is 10.1 Å². The highest BCUT2D eigenvalue weighted by Gasteiger charge is 2.08. The van der Waals surface area contributed by atoms with Gasteiger partial charge in [-0.1, -0.05) is 11.6 Å². The molecule has 17 heavy (non-hydrogen) atoms. The van der Waals surface area contributed by atoms with Gasteiger partial charge in [-0.25, -0.2) is 4.39 Å². The highest BCUT2D eigenvalue weighted by Crippen LogP contribution is 2.27. The van der Waals surface area contributed by atoms with E-state index in [9.17, 15) is 4.39 Å². The molecule has 88 valence electrons. The molecule has 0 heterocycles. The molecule has 0 amide bonds. The SMILES string of the molecule is Cc1c(F)ccc(N/N=C(\C#N)C(=N)N)c1Cl. The predicted molar refractivity (Wildman–Crippen MR) is 64.7 cm³/mol. The molecule has 0 aliphatic rings. The number of halogens is 2. The lowest BCUT2D eigenvalue weighted by atomic mass is 10.2. The lowest BCUT2D eigenvalue weighted by molar-refractivity contribution is 0.619. The van der Waals surface area contributed by atoms with Crippen molar-refractivity contribution >= 4 is 28.8 Å². The maximum atomic E-state index is 13.1. The Bertz CT molecular complexity index is 532. The van der Waals surface area contributed by atoms with Crippen LogP contribution in [0, 0.1) is 29.5 Å². The lowest BCUT2D eigenvalue weighted by Gasteiger charge is -2.06. The first-order valence-corrected chi connectivity index (χ1v) is 4.88. The maximum Gasteiger partial charge on any atom is 0.201 e. The molecule has 0 fully saturated rings. The van der Waals surface area contributed by atoms with Gasteiger partial charge in [-0.2, -0.15) is 10.4 Å². The Morgan fingerprint density at radius 2 is 2.29 bits per heavy atom. The third-order valence-corrected chi connectivity index (χ3v) is 2.46. The van der Waals surface area contributed by atoms with Crippen molar-refractivity contribution in [1.82, 2.24) is 0 Å². The van der Waals surface area contributed by atoms with Crippen LogP contribution in [0.2, 0.25) is 5.02 Å². The molecule has 0 aromatic heterocycles. The molecule has 7 heteroatoms. The second-order valence-corrected chi connectivity index (χ2v) is 3.51. The average molecular weight is 254 g/mol. The number of nitrogens with one attached hydrogen (secondary N) is 2. The van der Waals surface area contributed by atoms with Crippen molar-refractivity contribution in [3.05, 3.63) is 28.5 Å². The van der Waals surface area contributed by atoms with Gasteiger partial charge in [0.2, 0.25) is 5.71 Å². The monoisotopic (exact) mass is 253 g/mol. The van der Waals surface area contributed by atoms with E-state index >= 15 is 0 Å². The molecule has 0 aliphatic heterocycles. The number of anilines is 1. The van der Waals surface area contributed by atoms with Crippen molar-refractivity contribution in [2.24, 2.45) is 10.8 Å². The van der Waals surface area contributed by atoms with Crippen LogP contribution in [0.5, 0.6) is 0 Å². The van der Waals surface area contributed by atoms with Gasteiger partial charge < -0.3 is 5.73 Å². The summed E-state index contributed by atoms with van der Waals surface area (Å²) in [6, 6.07) is 4.24. The smallest absolute Gasteiger partial charge is 0.201 e. The third-order valence-electron chi connectivity index (χ3n) is 1.97. The molecular weight excluding hydrogens is 245 g/mol. The van der Waals surface area contributed by atoms with E-state index in [-0.39, 0.29) is 16.3 Å². The standard InChI is InChI=1S/C10H9ClFN5/c1-5-6(12)2-3-7(9(5)11)16-17-8(4-13)10(14)15/h2-3,16H,1H3,(H3,14,15)/b17-8+. The van der Waals surface area contributed by atoms with E-state index in [4.69, 9.17) is 28.0 Å². The number of hydrazone groups is 1. The van der Waals surface area contributed by atoms with Gasteiger partial charge in [0.15, 0.2) is 5.84 Å². The fourth-order valence-corrected chi connectivity index (χ4v) is 1.20. The summed E-state index contributed by atoms with van der Waals surface area (Å²) in [4.78, 5) is 0. The number of benzene rings is 1. The summed E-state index contributed by atoms with van der Waals surface area (Å²) in [5, 5.41) is 19.4. The van der Waals surface area contributed by atoms with E-state index in [1.54, 1.807) is 6.07 Å². The topological polar surface area (TPSA) is 98.0 Å². The Balaban J connectivity index is 3.02. The zero-order valence-corrected chi connectivity index (χ0v) is 9.64. The van der Waals surface area contributed by atoms with Crippen LogP contribution in [-0.4, -0.2) is 11.5 Å². The van der Waals surface area contributed by atoms with Crippen molar-refractivity contribution < 1.29 is 4.39 Å². The summed E-state index contributed by atoms with van der Waals surface area (Å²) in [6.07, 6.45) is 0. The van der Waals surface area contributed by atoms with Crippen molar-refractivity contribution in [3.63, 3.8) is 0 Å². The summed E-state index contributed by atoms with van der Waals surface area (Å²) in [5.74, 6) is -0.897. The van der Waals surface area contributed by atoms with E-state index < -0.39 is 11.7 Å². The molecule has 0 aliphatic carbocycles. The van der Waals surface area contributed by atoms with Crippen LogP contribution in [-0.2, 0) is 0 Å². The summed E-state index contributed by atoms with van der Waals surface area (Å²) in [6.45, 7) is 1.52. The van der Waals surface area contributed by atoms with E-state index in [1.165, 1.54) is 19.1 Å². The largest absolute Gasteiger partial charge is 0.382 e. The second-order valence-electron chi connectivity index (χ2n) is 3.13. The number of rotatable bonds is 3. The minimum atomic E-state index is -0.463. The van der Waals surface area contributed by atoms with Crippen molar-refractivity contribution in [2.75, 3.05) is 5.43 Å². The predicted octanol–water partition coefficient (Wildman–Crippen LogP) is 2.01. The first-order valence-electron chi connectivity index (χ1n) is 4.50. The van der Waals surface area contributed by atoms with Gasteiger partial charge in [0.05, 0.1) is 10.7 Å². The molecule has 0 saturated heterocycles. The van der Waals surface area contributed by atoms with Gasteiger partial charge in [-0.15, -0.1) is 0 Å². The number of nitrogens with zero attached hydrogens (tertiary/aromatic N) is 2. The molecule has 5 nitrogen and oxygen atoms in total. The second kappa shape index (κ2) is 5.27. The molecule has 0 bridgehead atoms. The molecule has 1 aromatic carbocycles. The summed E-state index contributed by atoms with van der Waals surface area (Å²) in [5.41, 5.74) is 7.89. The Labute approximate surface area is 102 Å². The van der Waals surface area contributed by atoms with Crippen LogP contribution >= 0.6 is 11.6 Å². The molecule has 0 spiro atoms. The molecule has 0 unspecified atom stereocenters. The van der Waals surface area contributed by atoms with E-state index in [0.717, 1.165) is 0 Å². The van der Waals surface area contributed by atoms with Crippen molar-refractivity contribution in [3.8, 4) is 6.07 Å². The molecular formula is C10H9ClFN5. The molecule has 0 saturated carbocycles. The third kappa shape index (κ3) is 2.92. The van der Waals surface area contributed by atoms with Crippen LogP contribution in [0.3, 0.4) is 0 Å². The van der Waals surface area contributed by atoms with Crippen LogP contribution in [0.1, 0.15) is 5.56 Å². The van der Waals surface area contributed by atoms with Gasteiger partial charge >= 0.3 is 0 Å². The highest BCUT2D eigenvalue weighted by atomic mass is 35.5. The molecule has 4 N–H and O–H groups in total. The number of amidine groups is 1. The quantitative estimate of drug-likeness (QED) is 0.437. The highest BCUT2D eigenvalue weighted by molar-refractivity contribution is 6.46. The Kier molecular flexibility index (Phi) is 4.01. The van der Waals surface area contributed by atoms with Crippen molar-refractivity contribution in [1.29, 1.82) is 10.7 Å². The van der Waals surface area contributed by atoms with E-state index in [0.29, 0.717) is 5.69 Å². The van der Waals surface area contributed by atoms with Gasteiger partial charge in [0.1, 0.15) is 11.9 Å². The summed E-state index contributed by atoms with van der Waals surface area (Å²) < 4.78 is 13.1. The number of nitriles is 1. The van der Waals surface area contributed by atoms with Gasteiger partial charge in [-0.3, -0.25) is 10.8 Å². The Morgan fingerprint density at radius 3 is 2.82 bits per heavy atom. The fourth-order valence-electron chi connectivity index (χ4n) is 1.01. The zero-order chi connectivity index (χ0) is 13.0. The minimum Gasteiger partial charge on any atom is -0.382 e. The first-order chi connectivity index (χ1) is 7.97. The minimum absolute atomic E-state index is 0.162. The van der Waals surface area contributed by atoms with Gasteiger partial charge in [-0.05, 0) is 19.1 Å². The molecule has 1 rings (SSSR count). The van der Waals surface area contributed by atoms with E-state index in [2.05, 4.69) is 10.5 Å². The van der Waals surface area contributed by atoms with Gasteiger partial charge in [0.25, 0.3) is 0 Å². The number of hydrogen-bond acceptors (Lipinski definition) is 4. The summed E-state index contributed by atoms with van der Waals surface area (Å²) >= 11 is 5.87. The molecule has 0 radical (unpaired) electrons. The van der Waals surface area contributed by atoms with Crippen LogP contribution in [0.15, 0.2) is 17.2 Å².